The van der Waals surface area contributed by atoms with Crippen LogP contribution in [0.15, 0.2) is 0 Å². The van der Waals surface area contributed by atoms with Gasteiger partial charge in [-0.15, -0.1) is 0 Å². The van der Waals surface area contributed by atoms with E-state index in [1.54, 1.807) is 6.92 Å². The molecular formula is C9H18O3. The lowest BCUT2D eigenvalue weighted by Crippen LogP contribution is -2.34. The molecular weight excluding hydrogens is 156 g/mol. The third kappa shape index (κ3) is 2.48. The molecule has 0 aliphatic rings. The van der Waals surface area contributed by atoms with Crippen LogP contribution in [0.5, 0.6) is 0 Å². The Morgan fingerprint density at radius 3 is 2.25 bits per heavy atom. The van der Waals surface area contributed by atoms with Crippen LogP contribution < -0.4 is 0 Å². The van der Waals surface area contributed by atoms with Gasteiger partial charge in [0.25, 0.3) is 0 Å². The molecule has 0 aromatic heterocycles. The smallest absolute Gasteiger partial charge is 0.311 e. The van der Waals surface area contributed by atoms with Crippen molar-refractivity contribution >= 4 is 5.97 Å². The maximum absolute atomic E-state index is 10.8. The molecule has 0 amide bonds. The molecule has 1 atom stereocenters. The average Bonchev–Trinajstić information content (AvgIpc) is 2.07. The zero-order valence-corrected chi connectivity index (χ0v) is 7.84. The molecule has 3 heteroatoms. The lowest BCUT2D eigenvalue weighted by molar-refractivity contribution is -0.152. The van der Waals surface area contributed by atoms with Crippen LogP contribution in [-0.2, 0) is 4.79 Å². The molecule has 0 spiro atoms. The van der Waals surface area contributed by atoms with Gasteiger partial charge in [0, 0.05) is 0 Å². The molecule has 0 aromatic carbocycles. The summed E-state index contributed by atoms with van der Waals surface area (Å²) in [5, 5.41) is 17.9. The van der Waals surface area contributed by atoms with Gasteiger partial charge >= 0.3 is 5.97 Å². The first kappa shape index (κ1) is 11.4. The molecule has 0 heterocycles. The fraction of sp³-hybridized carbons (Fsp3) is 0.889. The van der Waals surface area contributed by atoms with E-state index in [4.69, 9.17) is 10.2 Å². The second-order valence-electron chi connectivity index (χ2n) is 3.20. The molecule has 0 fully saturated rings. The van der Waals surface area contributed by atoms with Gasteiger partial charge in [0.2, 0.25) is 0 Å². The Balaban J connectivity index is 4.25. The van der Waals surface area contributed by atoms with Crippen molar-refractivity contribution in [1.29, 1.82) is 0 Å². The Morgan fingerprint density at radius 1 is 1.42 bits per heavy atom. The fourth-order valence-corrected chi connectivity index (χ4v) is 1.21. The fourth-order valence-electron chi connectivity index (χ4n) is 1.21. The zero-order chi connectivity index (χ0) is 9.61. The Labute approximate surface area is 73.4 Å². The standard InChI is InChI=1S/C9H18O3/c1-3-5-6-9(4-2,7-10)8(11)12/h10H,3-7H2,1-2H3,(H,11,12)/t9-/m1/s1. The van der Waals surface area contributed by atoms with Crippen LogP contribution in [-0.4, -0.2) is 22.8 Å². The van der Waals surface area contributed by atoms with Crippen LogP contribution in [0.3, 0.4) is 0 Å². The molecule has 3 nitrogen and oxygen atoms in total. The third-order valence-electron chi connectivity index (χ3n) is 2.44. The van der Waals surface area contributed by atoms with E-state index in [1.165, 1.54) is 0 Å². The van der Waals surface area contributed by atoms with E-state index in [2.05, 4.69) is 0 Å². The molecule has 0 unspecified atom stereocenters. The van der Waals surface area contributed by atoms with E-state index in [0.717, 1.165) is 12.8 Å². The summed E-state index contributed by atoms with van der Waals surface area (Å²) in [7, 11) is 0. The second kappa shape index (κ2) is 5.14. The minimum absolute atomic E-state index is 0.251. The Bertz CT molecular complexity index is 139. The molecule has 0 bridgehead atoms. The molecule has 12 heavy (non-hydrogen) atoms. The Hall–Kier alpha value is -0.570. The van der Waals surface area contributed by atoms with E-state index in [1.807, 2.05) is 6.92 Å². The highest BCUT2D eigenvalue weighted by Gasteiger charge is 2.34. The molecule has 0 saturated heterocycles. The van der Waals surface area contributed by atoms with E-state index in [9.17, 15) is 4.79 Å². The topological polar surface area (TPSA) is 57.5 Å². The zero-order valence-electron chi connectivity index (χ0n) is 7.84. The SMILES string of the molecule is CCCC[C@](CC)(CO)C(=O)O. The highest BCUT2D eigenvalue weighted by atomic mass is 16.4. The molecule has 0 aliphatic heterocycles. The number of carboxylic acids is 1. The van der Waals surface area contributed by atoms with Gasteiger partial charge in [-0.1, -0.05) is 26.7 Å². The number of aliphatic carboxylic acids is 1. The summed E-state index contributed by atoms with van der Waals surface area (Å²) in [5.41, 5.74) is -0.893. The number of hydrogen-bond donors (Lipinski definition) is 2. The first-order valence-electron chi connectivity index (χ1n) is 4.47. The Kier molecular flexibility index (Phi) is 4.90. The van der Waals surface area contributed by atoms with Crippen LogP contribution in [0, 0.1) is 5.41 Å². The summed E-state index contributed by atoms with van der Waals surface area (Å²) in [4.78, 5) is 10.8. The summed E-state index contributed by atoms with van der Waals surface area (Å²) < 4.78 is 0. The maximum Gasteiger partial charge on any atom is 0.311 e. The van der Waals surface area contributed by atoms with E-state index < -0.39 is 11.4 Å². The monoisotopic (exact) mass is 174 g/mol. The average molecular weight is 174 g/mol. The molecule has 0 aliphatic carbocycles. The quantitative estimate of drug-likeness (QED) is 0.643. The van der Waals surface area contributed by atoms with Gasteiger partial charge in [-0.05, 0) is 12.8 Å². The second-order valence-corrected chi connectivity index (χ2v) is 3.20. The normalized spacial score (nSPS) is 15.6. The first-order valence-corrected chi connectivity index (χ1v) is 4.47. The number of aliphatic hydroxyl groups is 1. The van der Waals surface area contributed by atoms with Gasteiger partial charge < -0.3 is 10.2 Å². The first-order chi connectivity index (χ1) is 5.63. The van der Waals surface area contributed by atoms with Gasteiger partial charge in [-0.3, -0.25) is 4.79 Å². The number of rotatable bonds is 6. The van der Waals surface area contributed by atoms with E-state index >= 15 is 0 Å². The predicted octanol–water partition coefficient (Wildman–Crippen LogP) is 1.65. The van der Waals surface area contributed by atoms with Crippen molar-refractivity contribution in [2.45, 2.75) is 39.5 Å². The highest BCUT2D eigenvalue weighted by Crippen LogP contribution is 2.28. The lowest BCUT2D eigenvalue weighted by atomic mass is 9.81. The molecule has 0 radical (unpaired) electrons. The number of unbranched alkanes of at least 4 members (excludes halogenated alkanes) is 1. The minimum atomic E-state index is -0.893. The predicted molar refractivity (Wildman–Crippen MR) is 47.0 cm³/mol. The maximum atomic E-state index is 10.8. The number of hydrogen-bond acceptors (Lipinski definition) is 2. The van der Waals surface area contributed by atoms with Gasteiger partial charge in [-0.2, -0.15) is 0 Å². The van der Waals surface area contributed by atoms with Gasteiger partial charge in [0.05, 0.1) is 12.0 Å². The summed E-state index contributed by atoms with van der Waals surface area (Å²) in [6.07, 6.45) is 2.90. The Morgan fingerprint density at radius 2 is 2.00 bits per heavy atom. The van der Waals surface area contributed by atoms with Crippen LogP contribution in [0.4, 0.5) is 0 Å². The number of carboxylic acid groups (broad SMARTS) is 1. The van der Waals surface area contributed by atoms with Crippen molar-refractivity contribution in [1.82, 2.24) is 0 Å². The number of carbonyl (C=O) groups is 1. The van der Waals surface area contributed by atoms with E-state index in [0.29, 0.717) is 12.8 Å². The summed E-state index contributed by atoms with van der Waals surface area (Å²) in [6.45, 7) is 3.57. The van der Waals surface area contributed by atoms with Crippen LogP contribution >= 0.6 is 0 Å². The van der Waals surface area contributed by atoms with Crippen molar-refractivity contribution in [3.63, 3.8) is 0 Å². The number of aliphatic hydroxyl groups excluding tert-OH is 1. The van der Waals surface area contributed by atoms with Crippen molar-refractivity contribution in [3.05, 3.63) is 0 Å². The van der Waals surface area contributed by atoms with Gasteiger partial charge in [0.15, 0.2) is 0 Å². The van der Waals surface area contributed by atoms with Crippen LogP contribution in [0.1, 0.15) is 39.5 Å². The largest absolute Gasteiger partial charge is 0.481 e. The summed E-state index contributed by atoms with van der Waals surface area (Å²) in [6, 6.07) is 0. The highest BCUT2D eigenvalue weighted by molar-refractivity contribution is 5.74. The van der Waals surface area contributed by atoms with Crippen molar-refractivity contribution in [2.75, 3.05) is 6.61 Å². The lowest BCUT2D eigenvalue weighted by Gasteiger charge is -2.25. The molecule has 0 saturated carbocycles. The molecule has 72 valence electrons. The molecule has 0 rings (SSSR count). The third-order valence-corrected chi connectivity index (χ3v) is 2.44. The molecule has 2 N–H and O–H groups in total. The van der Waals surface area contributed by atoms with Crippen LogP contribution in [0.2, 0.25) is 0 Å². The minimum Gasteiger partial charge on any atom is -0.481 e. The molecule has 0 aromatic rings. The van der Waals surface area contributed by atoms with Gasteiger partial charge in [0.1, 0.15) is 0 Å². The van der Waals surface area contributed by atoms with Gasteiger partial charge in [-0.25, -0.2) is 0 Å². The summed E-state index contributed by atoms with van der Waals surface area (Å²) in [5.74, 6) is -0.874. The van der Waals surface area contributed by atoms with Crippen molar-refractivity contribution in [2.24, 2.45) is 5.41 Å². The van der Waals surface area contributed by atoms with Crippen LogP contribution in [0.25, 0.3) is 0 Å². The summed E-state index contributed by atoms with van der Waals surface area (Å²) >= 11 is 0. The van der Waals surface area contributed by atoms with Crippen molar-refractivity contribution < 1.29 is 15.0 Å². The van der Waals surface area contributed by atoms with E-state index in [-0.39, 0.29) is 6.61 Å². The van der Waals surface area contributed by atoms with Crippen molar-refractivity contribution in [3.8, 4) is 0 Å².